The van der Waals surface area contributed by atoms with Crippen molar-refractivity contribution in [2.75, 3.05) is 0 Å². The summed E-state index contributed by atoms with van der Waals surface area (Å²) >= 11 is 0. The van der Waals surface area contributed by atoms with Gasteiger partial charge < -0.3 is 10.3 Å². The number of aromatic nitrogens is 6. The number of fused-ring (bicyclic) bond motifs is 3. The molecule has 2 N–H and O–H groups in total. The first-order valence-electron chi connectivity index (χ1n) is 12.5. The zero-order chi connectivity index (χ0) is 25.6. The number of allylic oxidation sites excluding steroid dienone is 5. The van der Waals surface area contributed by atoms with Gasteiger partial charge in [-0.2, -0.15) is 0 Å². The lowest BCUT2D eigenvalue weighted by atomic mass is 9.72. The molecule has 6 rings (SSSR count). The Morgan fingerprint density at radius 3 is 2.59 bits per heavy atom. The molecule has 0 saturated heterocycles. The summed E-state index contributed by atoms with van der Waals surface area (Å²) in [5.74, 6) is 0.695. The van der Waals surface area contributed by atoms with Crippen LogP contribution in [-0.4, -0.2) is 29.1 Å². The van der Waals surface area contributed by atoms with E-state index in [9.17, 15) is 0 Å². The van der Waals surface area contributed by atoms with Gasteiger partial charge in [-0.05, 0) is 49.5 Å². The third-order valence-electron chi connectivity index (χ3n) is 7.24. The number of pyridine rings is 2. The molecule has 4 aromatic heterocycles. The summed E-state index contributed by atoms with van der Waals surface area (Å²) in [5.41, 5.74) is 13.9. The Bertz CT molecular complexity index is 1700. The van der Waals surface area contributed by atoms with Crippen molar-refractivity contribution in [2.45, 2.75) is 31.7 Å². The smallest absolute Gasteiger partial charge is 0.188 e. The van der Waals surface area contributed by atoms with Gasteiger partial charge in [-0.15, -0.1) is 10.2 Å². The average Bonchev–Trinajstić information content (AvgIpc) is 3.52. The Balaban J connectivity index is 1.56. The molecule has 0 unspecified atom stereocenters. The number of nitrogens with two attached hydrogens (primary N) is 1. The molecule has 4 heterocycles. The predicted molar refractivity (Wildman–Crippen MR) is 149 cm³/mol. The lowest BCUT2D eigenvalue weighted by Gasteiger charge is -2.38. The third kappa shape index (κ3) is 3.88. The fraction of sp³-hybridized carbons (Fsp3) is 0.200. The molecule has 0 atom stereocenters. The molecule has 5 aromatic rings. The van der Waals surface area contributed by atoms with Gasteiger partial charge in [0.25, 0.3) is 0 Å². The Morgan fingerprint density at radius 2 is 1.95 bits per heavy atom. The molecular formula is C30H29N7. The van der Waals surface area contributed by atoms with E-state index in [0.29, 0.717) is 5.82 Å². The second kappa shape index (κ2) is 8.94. The van der Waals surface area contributed by atoms with Gasteiger partial charge in [0.15, 0.2) is 11.5 Å². The van der Waals surface area contributed by atoms with Crippen LogP contribution in [-0.2, 0) is 12.6 Å². The van der Waals surface area contributed by atoms with Crippen LogP contribution in [0, 0.1) is 0 Å². The number of hydrogen-bond donors (Lipinski definition) is 1. The van der Waals surface area contributed by atoms with E-state index in [-0.39, 0.29) is 5.54 Å². The molecule has 0 radical (unpaired) electrons. The van der Waals surface area contributed by atoms with Crippen LogP contribution in [0.1, 0.15) is 37.3 Å². The maximum atomic E-state index is 6.58. The van der Waals surface area contributed by atoms with Gasteiger partial charge in [-0.1, -0.05) is 55.1 Å². The fourth-order valence-corrected chi connectivity index (χ4v) is 5.09. The summed E-state index contributed by atoms with van der Waals surface area (Å²) in [7, 11) is 1.94. The lowest BCUT2D eigenvalue weighted by Crippen LogP contribution is -2.43. The molecule has 0 amide bonds. The molecule has 7 nitrogen and oxygen atoms in total. The van der Waals surface area contributed by atoms with Crippen LogP contribution in [0.2, 0.25) is 0 Å². The predicted octanol–water partition coefficient (Wildman–Crippen LogP) is 5.83. The van der Waals surface area contributed by atoms with E-state index >= 15 is 0 Å². The topological polar surface area (TPSA) is 86.9 Å². The maximum absolute atomic E-state index is 6.58. The zero-order valence-corrected chi connectivity index (χ0v) is 21.1. The van der Waals surface area contributed by atoms with E-state index < -0.39 is 0 Å². The maximum Gasteiger partial charge on any atom is 0.188 e. The van der Waals surface area contributed by atoms with Crippen molar-refractivity contribution in [2.24, 2.45) is 12.8 Å². The van der Waals surface area contributed by atoms with Gasteiger partial charge in [0.05, 0.1) is 17.5 Å². The lowest BCUT2D eigenvalue weighted by molar-refractivity contribution is 0.253. The van der Waals surface area contributed by atoms with Crippen molar-refractivity contribution < 1.29 is 0 Å². The van der Waals surface area contributed by atoms with Crippen LogP contribution in [0.15, 0.2) is 86.0 Å². The largest absolute Gasteiger partial charge is 0.340 e. The molecule has 1 aliphatic rings. The van der Waals surface area contributed by atoms with Gasteiger partial charge in [-0.3, -0.25) is 4.40 Å². The van der Waals surface area contributed by atoms with Gasteiger partial charge in [0, 0.05) is 41.5 Å². The minimum atomic E-state index is -0.193. The minimum absolute atomic E-state index is 0.193. The van der Waals surface area contributed by atoms with Crippen LogP contribution < -0.4 is 5.73 Å². The molecule has 0 bridgehead atoms. The zero-order valence-electron chi connectivity index (χ0n) is 21.1. The molecule has 37 heavy (non-hydrogen) atoms. The molecule has 0 spiro atoms. The quantitative estimate of drug-likeness (QED) is 0.305. The van der Waals surface area contributed by atoms with E-state index in [1.165, 1.54) is 12.0 Å². The first kappa shape index (κ1) is 23.1. The Morgan fingerprint density at radius 1 is 1.14 bits per heavy atom. The molecule has 1 fully saturated rings. The molecule has 7 heteroatoms. The molecule has 1 aromatic carbocycles. The Kier molecular flexibility index (Phi) is 5.57. The van der Waals surface area contributed by atoms with Crippen molar-refractivity contribution in [3.05, 3.63) is 97.1 Å². The Labute approximate surface area is 215 Å². The average molecular weight is 488 g/mol. The van der Waals surface area contributed by atoms with E-state index in [4.69, 9.17) is 10.7 Å². The second-order valence-electron chi connectivity index (χ2n) is 9.72. The number of hydrogen-bond acceptors (Lipinski definition) is 5. The first-order valence-corrected chi connectivity index (χ1v) is 12.5. The normalized spacial score (nSPS) is 15.5. The van der Waals surface area contributed by atoms with E-state index in [2.05, 4.69) is 58.2 Å². The SMILES string of the molecule is C=C/C=C(\C=C/C)c1cc2c(ccn3c(-c4cn(C)cn4)nnc23)nc1-c1ccc(C2(N)CCC2)cc1. The van der Waals surface area contributed by atoms with Gasteiger partial charge in [-0.25, -0.2) is 9.97 Å². The van der Waals surface area contributed by atoms with Crippen molar-refractivity contribution >= 4 is 22.1 Å². The molecule has 0 aliphatic heterocycles. The van der Waals surface area contributed by atoms with Crippen LogP contribution in [0.4, 0.5) is 0 Å². The highest BCUT2D eigenvalue weighted by Gasteiger charge is 2.34. The molecule has 184 valence electrons. The highest BCUT2D eigenvalue weighted by molar-refractivity contribution is 5.98. The van der Waals surface area contributed by atoms with Crippen LogP contribution in [0.25, 0.3) is 44.9 Å². The first-order chi connectivity index (χ1) is 18.0. The van der Waals surface area contributed by atoms with Crippen molar-refractivity contribution in [3.8, 4) is 22.8 Å². The van der Waals surface area contributed by atoms with Gasteiger partial charge in [0.2, 0.25) is 0 Å². The number of rotatable bonds is 6. The monoisotopic (exact) mass is 487 g/mol. The van der Waals surface area contributed by atoms with Crippen LogP contribution >= 0.6 is 0 Å². The highest BCUT2D eigenvalue weighted by atomic mass is 15.3. The minimum Gasteiger partial charge on any atom is -0.340 e. The summed E-state index contributed by atoms with van der Waals surface area (Å²) < 4.78 is 3.87. The van der Waals surface area contributed by atoms with Crippen LogP contribution in [0.5, 0.6) is 0 Å². The van der Waals surface area contributed by atoms with Crippen molar-refractivity contribution in [1.82, 2.24) is 29.1 Å². The number of nitrogens with zero attached hydrogens (tertiary/aromatic N) is 6. The van der Waals surface area contributed by atoms with Crippen molar-refractivity contribution in [1.29, 1.82) is 0 Å². The standard InChI is InChI=1S/C30H29N7/c1-4-7-20(8-5-2)23-17-24-25(13-16-37-28(24)34-35-29(37)26-18-36(3)19-32-26)33-27(23)21-9-11-22(12-10-21)30(31)14-6-15-30/h4-5,7-13,16-19H,1,6,14-15,31H2,2-3H3/b8-5-,20-7+. The number of imidazole rings is 1. The van der Waals surface area contributed by atoms with Gasteiger partial charge in [0.1, 0.15) is 5.69 Å². The van der Waals surface area contributed by atoms with Crippen molar-refractivity contribution in [3.63, 3.8) is 0 Å². The number of aryl methyl sites for hydroxylation is 1. The fourth-order valence-electron chi connectivity index (χ4n) is 5.09. The number of benzene rings is 1. The van der Waals surface area contributed by atoms with Gasteiger partial charge >= 0.3 is 0 Å². The Hall–Kier alpha value is -4.36. The summed E-state index contributed by atoms with van der Waals surface area (Å²) in [4.78, 5) is 9.61. The van der Waals surface area contributed by atoms with Crippen LogP contribution in [0.3, 0.4) is 0 Å². The summed E-state index contributed by atoms with van der Waals surface area (Å²) in [6.45, 7) is 5.95. The summed E-state index contributed by atoms with van der Waals surface area (Å²) in [6.07, 6.45) is 16.8. The molecule has 1 aliphatic carbocycles. The van der Waals surface area contributed by atoms with E-state index in [0.717, 1.165) is 57.5 Å². The van der Waals surface area contributed by atoms with E-state index in [1.54, 1.807) is 12.4 Å². The molecule has 1 saturated carbocycles. The van der Waals surface area contributed by atoms with E-state index in [1.807, 2.05) is 53.6 Å². The highest BCUT2D eigenvalue weighted by Crippen LogP contribution is 2.40. The summed E-state index contributed by atoms with van der Waals surface area (Å²) in [6, 6.07) is 12.7. The third-order valence-corrected chi connectivity index (χ3v) is 7.24. The molecular weight excluding hydrogens is 458 g/mol. The summed E-state index contributed by atoms with van der Waals surface area (Å²) in [5, 5.41) is 9.91. The second-order valence-corrected chi connectivity index (χ2v) is 9.72.